The Hall–Kier alpha value is -1.56. The molecule has 26 heavy (non-hydrogen) atoms. The van der Waals surface area contributed by atoms with Gasteiger partial charge in [-0.25, -0.2) is 0 Å². The Morgan fingerprint density at radius 1 is 1.15 bits per heavy atom. The molecule has 2 heterocycles. The molecular formula is C21H31N3OS. The molecule has 0 saturated carbocycles. The molecule has 0 amide bonds. The monoisotopic (exact) mass is 373 g/mol. The average Bonchev–Trinajstić information content (AvgIpc) is 3.12. The van der Waals surface area contributed by atoms with Gasteiger partial charge in [0.25, 0.3) is 0 Å². The molecule has 0 radical (unpaired) electrons. The molecule has 5 heteroatoms. The number of methoxy groups -OCH3 is 1. The number of anilines is 1. The minimum atomic E-state index is 0.267. The molecule has 142 valence electrons. The van der Waals surface area contributed by atoms with E-state index in [9.17, 15) is 0 Å². The first-order chi connectivity index (χ1) is 12.7. The van der Waals surface area contributed by atoms with Crippen molar-refractivity contribution in [2.24, 2.45) is 0 Å². The standard InChI is InChI=1S/C21H31N3OS/c1-5-18-15-19(21(22-3)26-18)20(16-8-7-9-17(14-16)25-4)24-12-10-23(6-2)11-13-24/h7-9,14-15,20,22H,5-6,10-13H2,1-4H3. The van der Waals surface area contributed by atoms with Crippen molar-refractivity contribution in [3.8, 4) is 5.75 Å². The zero-order valence-electron chi connectivity index (χ0n) is 16.4. The summed E-state index contributed by atoms with van der Waals surface area (Å²) < 4.78 is 5.51. The lowest BCUT2D eigenvalue weighted by Gasteiger charge is -2.39. The van der Waals surface area contributed by atoms with E-state index in [4.69, 9.17) is 4.74 Å². The lowest BCUT2D eigenvalue weighted by molar-refractivity contribution is 0.113. The summed E-state index contributed by atoms with van der Waals surface area (Å²) in [6.07, 6.45) is 1.08. The molecule has 1 saturated heterocycles. The maximum Gasteiger partial charge on any atom is 0.119 e. The van der Waals surface area contributed by atoms with E-state index < -0.39 is 0 Å². The Kier molecular flexibility index (Phi) is 6.57. The van der Waals surface area contributed by atoms with Crippen LogP contribution in [0.3, 0.4) is 0 Å². The van der Waals surface area contributed by atoms with E-state index in [0.29, 0.717) is 0 Å². The first kappa shape index (κ1) is 19.2. The smallest absolute Gasteiger partial charge is 0.119 e. The topological polar surface area (TPSA) is 27.7 Å². The van der Waals surface area contributed by atoms with Crippen LogP contribution in [0.25, 0.3) is 0 Å². The van der Waals surface area contributed by atoms with Crippen LogP contribution in [0.15, 0.2) is 30.3 Å². The number of benzene rings is 1. The fraction of sp³-hybridized carbons (Fsp3) is 0.524. The minimum Gasteiger partial charge on any atom is -0.497 e. The van der Waals surface area contributed by atoms with Gasteiger partial charge in [-0.15, -0.1) is 11.3 Å². The average molecular weight is 374 g/mol. The fourth-order valence-corrected chi connectivity index (χ4v) is 4.75. The Labute approximate surface area is 161 Å². The van der Waals surface area contributed by atoms with Crippen LogP contribution in [0, 0.1) is 0 Å². The number of rotatable bonds is 7. The zero-order chi connectivity index (χ0) is 18.5. The van der Waals surface area contributed by atoms with Gasteiger partial charge >= 0.3 is 0 Å². The molecule has 0 bridgehead atoms. The lowest BCUT2D eigenvalue weighted by atomic mass is 9.97. The van der Waals surface area contributed by atoms with Crippen molar-refractivity contribution >= 4 is 16.3 Å². The summed E-state index contributed by atoms with van der Waals surface area (Å²) in [5.41, 5.74) is 2.71. The second-order valence-corrected chi connectivity index (χ2v) is 7.89. The van der Waals surface area contributed by atoms with E-state index in [1.807, 2.05) is 24.5 Å². The summed E-state index contributed by atoms with van der Waals surface area (Å²) in [4.78, 5) is 6.59. The second-order valence-electron chi connectivity index (χ2n) is 6.75. The maximum atomic E-state index is 5.51. The molecule has 1 N–H and O–H groups in total. The molecule has 1 aliphatic rings. The number of aryl methyl sites for hydroxylation is 1. The van der Waals surface area contributed by atoms with Gasteiger partial charge in [0.1, 0.15) is 5.75 Å². The highest BCUT2D eigenvalue weighted by Crippen LogP contribution is 2.40. The van der Waals surface area contributed by atoms with E-state index in [-0.39, 0.29) is 6.04 Å². The van der Waals surface area contributed by atoms with Crippen LogP contribution in [0.2, 0.25) is 0 Å². The highest BCUT2D eigenvalue weighted by Gasteiger charge is 2.29. The zero-order valence-corrected chi connectivity index (χ0v) is 17.2. The predicted octanol–water partition coefficient (Wildman–Crippen LogP) is 4.09. The molecule has 4 nitrogen and oxygen atoms in total. The third kappa shape index (κ3) is 4.05. The number of hydrogen-bond acceptors (Lipinski definition) is 5. The van der Waals surface area contributed by atoms with Crippen LogP contribution in [0.1, 0.15) is 35.9 Å². The molecule has 1 aromatic carbocycles. The Balaban J connectivity index is 2.00. The second kappa shape index (κ2) is 8.89. The third-order valence-corrected chi connectivity index (χ3v) is 6.62. The summed E-state index contributed by atoms with van der Waals surface area (Å²) in [6, 6.07) is 11.2. The number of likely N-dealkylation sites (N-methyl/N-ethyl adjacent to an activating group) is 1. The molecule has 1 aromatic heterocycles. The van der Waals surface area contributed by atoms with E-state index in [0.717, 1.165) is 44.9 Å². The predicted molar refractivity (Wildman–Crippen MR) is 112 cm³/mol. The highest BCUT2D eigenvalue weighted by molar-refractivity contribution is 7.16. The van der Waals surface area contributed by atoms with Crippen LogP contribution in [-0.2, 0) is 6.42 Å². The largest absolute Gasteiger partial charge is 0.497 e. The molecule has 0 aliphatic carbocycles. The summed E-state index contributed by atoms with van der Waals surface area (Å²) in [5, 5.41) is 4.72. The molecule has 1 unspecified atom stereocenters. The van der Waals surface area contributed by atoms with Gasteiger partial charge in [-0.1, -0.05) is 26.0 Å². The van der Waals surface area contributed by atoms with Gasteiger partial charge in [0.05, 0.1) is 18.2 Å². The minimum absolute atomic E-state index is 0.267. The van der Waals surface area contributed by atoms with E-state index in [1.165, 1.54) is 21.0 Å². The number of piperazine rings is 1. The van der Waals surface area contributed by atoms with Gasteiger partial charge in [0, 0.05) is 43.7 Å². The number of ether oxygens (including phenoxy) is 1. The van der Waals surface area contributed by atoms with E-state index >= 15 is 0 Å². The number of hydrogen-bond donors (Lipinski definition) is 1. The van der Waals surface area contributed by atoms with Crippen LogP contribution in [0.5, 0.6) is 5.75 Å². The summed E-state index contributed by atoms with van der Waals surface area (Å²) in [7, 11) is 3.78. The van der Waals surface area contributed by atoms with E-state index in [1.54, 1.807) is 7.11 Å². The highest BCUT2D eigenvalue weighted by atomic mass is 32.1. The van der Waals surface area contributed by atoms with Crippen LogP contribution in [-0.4, -0.2) is 56.7 Å². The SMILES string of the molecule is CCc1cc(C(c2cccc(OC)c2)N2CCN(CC)CC2)c(NC)s1. The van der Waals surface area contributed by atoms with Crippen LogP contribution < -0.4 is 10.1 Å². The molecule has 2 aromatic rings. The fourth-order valence-electron chi connectivity index (χ4n) is 3.77. The molecule has 1 atom stereocenters. The normalized spacial score (nSPS) is 17.2. The quantitative estimate of drug-likeness (QED) is 0.791. The van der Waals surface area contributed by atoms with Crippen LogP contribution in [0.4, 0.5) is 5.00 Å². The van der Waals surface area contributed by atoms with Crippen molar-refractivity contribution in [3.63, 3.8) is 0 Å². The number of thiophene rings is 1. The van der Waals surface area contributed by atoms with Gasteiger partial charge in [0.15, 0.2) is 0 Å². The van der Waals surface area contributed by atoms with Crippen molar-refractivity contribution in [1.29, 1.82) is 0 Å². The van der Waals surface area contributed by atoms with Gasteiger partial charge < -0.3 is 15.0 Å². The van der Waals surface area contributed by atoms with E-state index in [2.05, 4.69) is 53.2 Å². The van der Waals surface area contributed by atoms with Crippen molar-refractivity contribution in [2.45, 2.75) is 26.3 Å². The summed E-state index contributed by atoms with van der Waals surface area (Å²) in [6.45, 7) is 10.1. The molecule has 0 spiro atoms. The van der Waals surface area contributed by atoms with Gasteiger partial charge in [-0.05, 0) is 36.7 Å². The molecular weight excluding hydrogens is 342 g/mol. The Morgan fingerprint density at radius 3 is 2.54 bits per heavy atom. The van der Waals surface area contributed by atoms with Gasteiger partial charge in [-0.2, -0.15) is 0 Å². The van der Waals surface area contributed by atoms with Crippen molar-refractivity contribution < 1.29 is 4.74 Å². The Morgan fingerprint density at radius 2 is 1.92 bits per heavy atom. The summed E-state index contributed by atoms with van der Waals surface area (Å²) in [5.74, 6) is 0.927. The molecule has 1 fully saturated rings. The summed E-state index contributed by atoms with van der Waals surface area (Å²) >= 11 is 1.88. The first-order valence-corrected chi connectivity index (χ1v) is 10.4. The number of nitrogens with one attached hydrogen (secondary N) is 1. The Bertz CT molecular complexity index is 707. The third-order valence-electron chi connectivity index (χ3n) is 5.31. The molecule has 1 aliphatic heterocycles. The van der Waals surface area contributed by atoms with Crippen molar-refractivity contribution in [1.82, 2.24) is 9.80 Å². The lowest BCUT2D eigenvalue weighted by Crippen LogP contribution is -2.47. The van der Waals surface area contributed by atoms with Crippen molar-refractivity contribution in [3.05, 3.63) is 46.3 Å². The maximum absolute atomic E-state index is 5.51. The van der Waals surface area contributed by atoms with Crippen LogP contribution >= 0.6 is 11.3 Å². The van der Waals surface area contributed by atoms with Gasteiger partial charge in [-0.3, -0.25) is 4.90 Å². The molecule has 3 rings (SSSR count). The van der Waals surface area contributed by atoms with Gasteiger partial charge in [0.2, 0.25) is 0 Å². The first-order valence-electron chi connectivity index (χ1n) is 9.60. The number of nitrogens with zero attached hydrogens (tertiary/aromatic N) is 2. The van der Waals surface area contributed by atoms with Crippen molar-refractivity contribution in [2.75, 3.05) is 52.2 Å².